The molecule has 3 aromatic carbocycles. The Morgan fingerprint density at radius 1 is 0.822 bits per heavy atom. The molecule has 1 unspecified atom stereocenters. The zero-order valence-electron chi connectivity index (χ0n) is 28.1. The van der Waals surface area contributed by atoms with Gasteiger partial charge in [0.15, 0.2) is 14.4 Å². The molecule has 0 spiro atoms. The molecular formula is C36H49NO5SSi2. The fourth-order valence-corrected chi connectivity index (χ4v) is 11.7. The molecule has 242 valence electrons. The number of nitrogens with zero attached hydrogens (tertiary/aromatic N) is 1. The monoisotopic (exact) mass is 663 g/mol. The number of hydrogen-bond acceptors (Lipinski definition) is 6. The van der Waals surface area contributed by atoms with E-state index in [1.807, 2.05) is 36.4 Å². The smallest absolute Gasteiger partial charge is 0.261 e. The molecule has 1 atom stereocenters. The van der Waals surface area contributed by atoms with Crippen LogP contribution in [0.25, 0.3) is 0 Å². The number of ether oxygens (including phenoxy) is 1. The van der Waals surface area contributed by atoms with Crippen molar-refractivity contribution < 1.29 is 23.2 Å². The van der Waals surface area contributed by atoms with Crippen molar-refractivity contribution >= 4 is 50.0 Å². The van der Waals surface area contributed by atoms with Crippen molar-refractivity contribution in [2.75, 3.05) is 13.2 Å². The molecule has 0 radical (unpaired) electrons. The first-order valence-electron chi connectivity index (χ1n) is 15.8. The van der Waals surface area contributed by atoms with Crippen molar-refractivity contribution in [2.24, 2.45) is 0 Å². The summed E-state index contributed by atoms with van der Waals surface area (Å²) in [6.45, 7) is 19.3. The first kappa shape index (κ1) is 35.2. The standard InChI is InChI=1S/C36H49NO5SSi2/c1-35(2,3)44(7,8)40-26-24-32(34(39)43-37-25-23-33(37)38)42-29-21-19-28(20-22-29)27-41-45(36(4,5)6,30-15-11-9-12-16-30)31-17-13-10-14-18-31/h9-22,32H,23-27H2,1-8H3. The molecule has 1 amide bonds. The lowest BCUT2D eigenvalue weighted by Crippen LogP contribution is -2.66. The van der Waals surface area contributed by atoms with Gasteiger partial charge in [-0.1, -0.05) is 114 Å². The molecule has 45 heavy (non-hydrogen) atoms. The van der Waals surface area contributed by atoms with Gasteiger partial charge in [0.25, 0.3) is 8.32 Å². The minimum Gasteiger partial charge on any atom is -0.482 e. The average Bonchev–Trinajstić information content (AvgIpc) is 2.99. The molecule has 0 N–H and O–H groups in total. The number of hydrogen-bond donors (Lipinski definition) is 0. The first-order chi connectivity index (χ1) is 21.1. The van der Waals surface area contributed by atoms with Crippen molar-refractivity contribution in [2.45, 2.75) is 90.3 Å². The molecule has 6 nitrogen and oxygen atoms in total. The van der Waals surface area contributed by atoms with E-state index in [1.54, 1.807) is 0 Å². The van der Waals surface area contributed by atoms with E-state index in [-0.39, 0.29) is 21.1 Å². The van der Waals surface area contributed by atoms with E-state index < -0.39 is 22.7 Å². The molecule has 4 rings (SSSR count). The third-order valence-electron chi connectivity index (χ3n) is 8.99. The zero-order valence-corrected chi connectivity index (χ0v) is 30.9. The summed E-state index contributed by atoms with van der Waals surface area (Å²) in [5.74, 6) is 0.584. The fraction of sp³-hybridized carbons (Fsp3) is 0.444. The van der Waals surface area contributed by atoms with Gasteiger partial charge in [-0.25, -0.2) is 0 Å². The van der Waals surface area contributed by atoms with Crippen LogP contribution in [0.3, 0.4) is 0 Å². The molecule has 0 aliphatic carbocycles. The van der Waals surface area contributed by atoms with Crippen LogP contribution in [0.5, 0.6) is 5.75 Å². The third kappa shape index (κ3) is 8.37. The summed E-state index contributed by atoms with van der Waals surface area (Å²) in [5, 5.41) is 2.25. The number of benzene rings is 3. The van der Waals surface area contributed by atoms with E-state index in [0.29, 0.717) is 38.3 Å². The molecular weight excluding hydrogens is 615 g/mol. The Labute approximate surface area is 276 Å². The number of rotatable bonds is 13. The molecule has 0 saturated carbocycles. The molecule has 1 saturated heterocycles. The van der Waals surface area contributed by atoms with Crippen LogP contribution < -0.4 is 15.1 Å². The summed E-state index contributed by atoms with van der Waals surface area (Å²) in [6.07, 6.45) is 0.170. The van der Waals surface area contributed by atoms with Gasteiger partial charge in [-0.05, 0) is 51.2 Å². The predicted octanol–water partition coefficient (Wildman–Crippen LogP) is 7.33. The van der Waals surface area contributed by atoms with Crippen LogP contribution in [0.15, 0.2) is 84.9 Å². The Morgan fingerprint density at radius 3 is 1.82 bits per heavy atom. The maximum atomic E-state index is 13.3. The minimum absolute atomic E-state index is 0.0186. The van der Waals surface area contributed by atoms with Crippen LogP contribution in [-0.2, 0) is 25.0 Å². The molecule has 1 heterocycles. The number of carbonyl (C=O) groups is 2. The van der Waals surface area contributed by atoms with Gasteiger partial charge in [-0.15, -0.1) is 0 Å². The van der Waals surface area contributed by atoms with E-state index in [4.69, 9.17) is 13.6 Å². The van der Waals surface area contributed by atoms with Crippen LogP contribution in [0.4, 0.5) is 0 Å². The highest BCUT2D eigenvalue weighted by atomic mass is 32.2. The maximum Gasteiger partial charge on any atom is 0.261 e. The van der Waals surface area contributed by atoms with Gasteiger partial charge in [0.1, 0.15) is 5.75 Å². The van der Waals surface area contributed by atoms with E-state index in [0.717, 1.165) is 17.5 Å². The van der Waals surface area contributed by atoms with Gasteiger partial charge in [-0.2, -0.15) is 0 Å². The van der Waals surface area contributed by atoms with Crippen molar-refractivity contribution in [3.63, 3.8) is 0 Å². The van der Waals surface area contributed by atoms with E-state index >= 15 is 0 Å². The Bertz CT molecular complexity index is 1380. The van der Waals surface area contributed by atoms with Gasteiger partial charge in [-0.3, -0.25) is 13.9 Å². The minimum atomic E-state index is -2.67. The summed E-state index contributed by atoms with van der Waals surface area (Å²) < 4.78 is 21.2. The van der Waals surface area contributed by atoms with Gasteiger partial charge in [0, 0.05) is 37.9 Å². The SMILES string of the molecule is CC(C)(C)[Si](C)(C)OCCC(Oc1ccc(CO[Si](c2ccccc2)(c2ccccc2)C(C)(C)C)cc1)C(=O)SN1CCC1=O. The molecule has 1 aliphatic heterocycles. The van der Waals surface area contributed by atoms with Crippen molar-refractivity contribution in [3.05, 3.63) is 90.5 Å². The van der Waals surface area contributed by atoms with Gasteiger partial charge in [0.2, 0.25) is 11.0 Å². The lowest BCUT2D eigenvalue weighted by Gasteiger charge is -2.43. The average molecular weight is 664 g/mol. The summed E-state index contributed by atoms with van der Waals surface area (Å²) in [4.78, 5) is 25.2. The Morgan fingerprint density at radius 2 is 1.38 bits per heavy atom. The summed E-state index contributed by atoms with van der Waals surface area (Å²) in [6, 6.07) is 29.0. The second kappa shape index (κ2) is 14.4. The van der Waals surface area contributed by atoms with Crippen LogP contribution >= 0.6 is 11.9 Å². The Kier molecular flexibility index (Phi) is 11.2. The molecule has 0 bridgehead atoms. The normalized spacial score (nSPS) is 15.0. The quantitative estimate of drug-likeness (QED) is 0.108. The zero-order chi connectivity index (χ0) is 32.9. The highest BCUT2D eigenvalue weighted by Gasteiger charge is 2.50. The van der Waals surface area contributed by atoms with Crippen LogP contribution in [-0.4, -0.2) is 51.2 Å². The van der Waals surface area contributed by atoms with E-state index in [1.165, 1.54) is 14.7 Å². The summed E-state index contributed by atoms with van der Waals surface area (Å²) in [7, 11) is -4.65. The lowest BCUT2D eigenvalue weighted by molar-refractivity contribution is -0.133. The number of carbonyl (C=O) groups excluding carboxylic acids is 2. The van der Waals surface area contributed by atoms with Crippen LogP contribution in [0, 0.1) is 0 Å². The second-order valence-corrected chi connectivity index (χ2v) is 24.4. The largest absolute Gasteiger partial charge is 0.482 e. The predicted molar refractivity (Wildman–Crippen MR) is 190 cm³/mol. The number of amides is 1. The van der Waals surface area contributed by atoms with Crippen molar-refractivity contribution in [1.82, 2.24) is 4.31 Å². The van der Waals surface area contributed by atoms with Gasteiger partial charge >= 0.3 is 0 Å². The summed E-state index contributed by atoms with van der Waals surface area (Å²) in [5.41, 5.74) is 1.03. The molecule has 9 heteroatoms. The maximum absolute atomic E-state index is 13.3. The fourth-order valence-electron chi connectivity index (χ4n) is 5.20. The van der Waals surface area contributed by atoms with Crippen LogP contribution in [0.1, 0.15) is 59.9 Å². The van der Waals surface area contributed by atoms with Crippen molar-refractivity contribution in [3.8, 4) is 5.75 Å². The van der Waals surface area contributed by atoms with Gasteiger partial charge < -0.3 is 13.6 Å². The third-order valence-corrected chi connectivity index (χ3v) is 19.6. The van der Waals surface area contributed by atoms with Gasteiger partial charge in [0.05, 0.1) is 6.61 Å². The highest BCUT2D eigenvalue weighted by molar-refractivity contribution is 8.12. The van der Waals surface area contributed by atoms with E-state index in [2.05, 4.69) is 103 Å². The Hall–Kier alpha value is -2.70. The highest BCUT2D eigenvalue weighted by Crippen LogP contribution is 2.38. The summed E-state index contributed by atoms with van der Waals surface area (Å²) >= 11 is 0.958. The van der Waals surface area contributed by atoms with Crippen LogP contribution in [0.2, 0.25) is 23.2 Å². The number of β-lactam (4-membered cyclic amide) rings is 1. The molecule has 0 aromatic heterocycles. The topological polar surface area (TPSA) is 65.1 Å². The van der Waals surface area contributed by atoms with Crippen molar-refractivity contribution in [1.29, 1.82) is 0 Å². The Balaban J connectivity index is 1.50. The molecule has 3 aromatic rings. The van der Waals surface area contributed by atoms with E-state index in [9.17, 15) is 9.59 Å². The second-order valence-electron chi connectivity index (χ2n) is 14.3. The first-order valence-corrected chi connectivity index (χ1v) is 21.4. The molecule has 1 fully saturated rings. The molecule has 1 aliphatic rings. The lowest BCUT2D eigenvalue weighted by atomic mass is 10.2.